The summed E-state index contributed by atoms with van der Waals surface area (Å²) in [5.41, 5.74) is 0.945. The van der Waals surface area contributed by atoms with Gasteiger partial charge in [-0.05, 0) is 28.5 Å². The number of carbonyl (C=O) groups is 1. The Bertz CT molecular complexity index is 576. The van der Waals surface area contributed by atoms with Crippen LogP contribution in [0.5, 0.6) is 0 Å². The van der Waals surface area contributed by atoms with Gasteiger partial charge in [-0.25, -0.2) is 0 Å². The monoisotopic (exact) mass is 283 g/mol. The van der Waals surface area contributed by atoms with Crippen molar-refractivity contribution in [2.75, 3.05) is 5.32 Å². The molecule has 0 radical (unpaired) electrons. The van der Waals surface area contributed by atoms with Gasteiger partial charge in [-0.2, -0.15) is 0 Å². The average molecular weight is 284 g/mol. The van der Waals surface area contributed by atoms with Crippen molar-refractivity contribution in [3.63, 3.8) is 0 Å². The van der Waals surface area contributed by atoms with Gasteiger partial charge < -0.3 is 5.32 Å². The van der Waals surface area contributed by atoms with E-state index in [0.29, 0.717) is 10.0 Å². The third kappa shape index (κ3) is 0.982. The SMILES string of the molecule is CC1(C)C(C)(C)C12C(=O)Nc1c(Cl)cc(Cl)cc12. The van der Waals surface area contributed by atoms with E-state index in [1.165, 1.54) is 0 Å². The lowest BCUT2D eigenvalue weighted by atomic mass is 9.87. The Kier molecular flexibility index (Phi) is 2.09. The first-order chi connectivity index (χ1) is 8.18. The standard InChI is InChI=1S/C14H15Cl2NO/c1-12(2)13(3,4)14(12)8-5-7(15)6-9(16)10(8)17-11(14)18/h5-6H,1-4H3,(H,17,18). The Morgan fingerprint density at radius 3 is 2.11 bits per heavy atom. The van der Waals surface area contributed by atoms with Crippen LogP contribution in [0.2, 0.25) is 10.0 Å². The lowest BCUT2D eigenvalue weighted by molar-refractivity contribution is -0.119. The molecule has 96 valence electrons. The minimum Gasteiger partial charge on any atom is -0.324 e. The number of amides is 1. The van der Waals surface area contributed by atoms with Crippen LogP contribution in [-0.4, -0.2) is 5.91 Å². The van der Waals surface area contributed by atoms with Gasteiger partial charge in [0.15, 0.2) is 0 Å². The van der Waals surface area contributed by atoms with Crippen molar-refractivity contribution in [2.24, 2.45) is 10.8 Å². The smallest absolute Gasteiger partial charge is 0.236 e. The highest BCUT2D eigenvalue weighted by Gasteiger charge is 2.83. The van der Waals surface area contributed by atoms with Crippen LogP contribution in [0.15, 0.2) is 12.1 Å². The summed E-state index contributed by atoms with van der Waals surface area (Å²) in [6.07, 6.45) is 0. The number of nitrogens with one attached hydrogen (secondary N) is 1. The van der Waals surface area contributed by atoms with E-state index in [2.05, 4.69) is 33.0 Å². The molecule has 0 unspecified atom stereocenters. The maximum Gasteiger partial charge on any atom is 0.236 e. The molecule has 1 aliphatic heterocycles. The van der Waals surface area contributed by atoms with Gasteiger partial charge in [0, 0.05) is 5.02 Å². The third-order valence-electron chi connectivity index (χ3n) is 5.41. The molecule has 1 amide bonds. The summed E-state index contributed by atoms with van der Waals surface area (Å²) in [4.78, 5) is 12.5. The van der Waals surface area contributed by atoms with Crippen LogP contribution < -0.4 is 5.32 Å². The molecular formula is C14H15Cl2NO. The van der Waals surface area contributed by atoms with E-state index in [4.69, 9.17) is 23.2 Å². The Morgan fingerprint density at radius 1 is 1.06 bits per heavy atom. The maximum absolute atomic E-state index is 12.5. The molecular weight excluding hydrogens is 269 g/mol. The molecule has 2 nitrogen and oxygen atoms in total. The van der Waals surface area contributed by atoms with E-state index < -0.39 is 5.41 Å². The first-order valence-electron chi connectivity index (χ1n) is 5.99. The average Bonchev–Trinajstić information content (AvgIpc) is 2.50. The highest BCUT2D eigenvalue weighted by Crippen LogP contribution is 2.80. The molecule has 3 rings (SSSR count). The second-order valence-electron chi connectivity index (χ2n) is 6.26. The van der Waals surface area contributed by atoms with Crippen LogP contribution in [0.4, 0.5) is 5.69 Å². The number of anilines is 1. The van der Waals surface area contributed by atoms with Crippen LogP contribution in [0.3, 0.4) is 0 Å². The summed E-state index contributed by atoms with van der Waals surface area (Å²) in [6, 6.07) is 3.54. The predicted molar refractivity (Wildman–Crippen MR) is 74.3 cm³/mol. The van der Waals surface area contributed by atoms with Crippen molar-refractivity contribution in [2.45, 2.75) is 33.1 Å². The fourth-order valence-electron chi connectivity index (χ4n) is 3.88. The molecule has 2 aliphatic rings. The van der Waals surface area contributed by atoms with E-state index in [1.54, 1.807) is 6.07 Å². The Hall–Kier alpha value is -0.730. The molecule has 1 fully saturated rings. The number of benzene rings is 1. The minimum atomic E-state index is -0.510. The lowest BCUT2D eigenvalue weighted by Gasteiger charge is -2.13. The number of halogens is 2. The molecule has 0 saturated heterocycles. The van der Waals surface area contributed by atoms with E-state index >= 15 is 0 Å². The number of fused-ring (bicyclic) bond motifs is 2. The van der Waals surface area contributed by atoms with Crippen molar-refractivity contribution in [3.05, 3.63) is 27.7 Å². The summed E-state index contributed by atoms with van der Waals surface area (Å²) in [5.74, 6) is 0.0386. The maximum atomic E-state index is 12.5. The fraction of sp³-hybridized carbons (Fsp3) is 0.500. The highest BCUT2D eigenvalue weighted by molar-refractivity contribution is 6.38. The van der Waals surface area contributed by atoms with Gasteiger partial charge in [0.1, 0.15) is 0 Å². The van der Waals surface area contributed by atoms with Gasteiger partial charge in [0.25, 0.3) is 0 Å². The van der Waals surface area contributed by atoms with Crippen molar-refractivity contribution >= 4 is 34.8 Å². The van der Waals surface area contributed by atoms with E-state index in [-0.39, 0.29) is 16.7 Å². The molecule has 0 atom stereocenters. The van der Waals surface area contributed by atoms with Crippen LogP contribution in [0.25, 0.3) is 0 Å². The van der Waals surface area contributed by atoms with Crippen molar-refractivity contribution < 1.29 is 4.79 Å². The molecule has 1 aliphatic carbocycles. The minimum absolute atomic E-state index is 0.0386. The van der Waals surface area contributed by atoms with E-state index in [9.17, 15) is 4.79 Å². The molecule has 1 spiro atoms. The fourth-order valence-corrected chi connectivity index (χ4v) is 4.42. The van der Waals surface area contributed by atoms with Gasteiger partial charge in [-0.1, -0.05) is 50.9 Å². The second-order valence-corrected chi connectivity index (χ2v) is 7.11. The first-order valence-corrected chi connectivity index (χ1v) is 6.74. The van der Waals surface area contributed by atoms with Crippen LogP contribution in [-0.2, 0) is 10.2 Å². The lowest BCUT2D eigenvalue weighted by Crippen LogP contribution is -2.26. The molecule has 1 N–H and O–H groups in total. The summed E-state index contributed by atoms with van der Waals surface area (Å²) < 4.78 is 0. The van der Waals surface area contributed by atoms with E-state index in [1.807, 2.05) is 6.07 Å². The molecule has 0 bridgehead atoms. The molecule has 4 heteroatoms. The number of carbonyl (C=O) groups excluding carboxylic acids is 1. The van der Waals surface area contributed by atoms with Gasteiger partial charge in [0.05, 0.1) is 16.1 Å². The molecule has 1 heterocycles. The number of hydrogen-bond acceptors (Lipinski definition) is 1. The normalized spacial score (nSPS) is 24.9. The summed E-state index contributed by atoms with van der Waals surface area (Å²) in [5, 5.41) is 4.02. The zero-order chi connectivity index (χ0) is 13.5. The van der Waals surface area contributed by atoms with Gasteiger partial charge in [-0.15, -0.1) is 0 Å². The predicted octanol–water partition coefficient (Wildman–Crippen LogP) is 4.25. The topological polar surface area (TPSA) is 29.1 Å². The zero-order valence-electron chi connectivity index (χ0n) is 10.8. The molecule has 1 aromatic carbocycles. The third-order valence-corrected chi connectivity index (χ3v) is 5.93. The molecule has 18 heavy (non-hydrogen) atoms. The Labute approximate surface area is 117 Å². The van der Waals surface area contributed by atoms with Crippen LogP contribution in [0.1, 0.15) is 33.3 Å². The summed E-state index contributed by atoms with van der Waals surface area (Å²) in [6.45, 7) is 8.49. The second kappa shape index (κ2) is 3.05. The first kappa shape index (κ1) is 12.3. The van der Waals surface area contributed by atoms with Gasteiger partial charge in [-0.3, -0.25) is 4.79 Å². The van der Waals surface area contributed by atoms with Gasteiger partial charge in [0.2, 0.25) is 5.91 Å². The van der Waals surface area contributed by atoms with Crippen LogP contribution in [0, 0.1) is 10.8 Å². The largest absolute Gasteiger partial charge is 0.324 e. The van der Waals surface area contributed by atoms with E-state index in [0.717, 1.165) is 11.3 Å². The van der Waals surface area contributed by atoms with Gasteiger partial charge >= 0.3 is 0 Å². The van der Waals surface area contributed by atoms with Crippen molar-refractivity contribution in [3.8, 4) is 0 Å². The Balaban J connectivity index is 2.34. The molecule has 1 aromatic rings. The summed E-state index contributed by atoms with van der Waals surface area (Å²) >= 11 is 12.3. The summed E-state index contributed by atoms with van der Waals surface area (Å²) in [7, 11) is 0. The van der Waals surface area contributed by atoms with Crippen molar-refractivity contribution in [1.29, 1.82) is 0 Å². The van der Waals surface area contributed by atoms with Crippen molar-refractivity contribution in [1.82, 2.24) is 0 Å². The quantitative estimate of drug-likeness (QED) is 0.758. The number of rotatable bonds is 0. The zero-order valence-corrected chi connectivity index (χ0v) is 12.3. The number of hydrogen-bond donors (Lipinski definition) is 1. The molecule has 1 saturated carbocycles. The highest BCUT2D eigenvalue weighted by atomic mass is 35.5. The molecule has 0 aromatic heterocycles. The Morgan fingerprint density at radius 2 is 1.61 bits per heavy atom. The van der Waals surface area contributed by atoms with Crippen LogP contribution >= 0.6 is 23.2 Å².